The van der Waals surface area contributed by atoms with Gasteiger partial charge in [-0.1, -0.05) is 33.1 Å². The molecule has 2 N–H and O–H groups in total. The average Bonchev–Trinajstić information content (AvgIpc) is 2.70. The lowest BCUT2D eigenvalue weighted by molar-refractivity contribution is -0.0664. The summed E-state index contributed by atoms with van der Waals surface area (Å²) in [5.74, 6) is 0.717. The molecule has 0 radical (unpaired) electrons. The maximum absolute atomic E-state index is 6.39. The smallest absolute Gasteiger partial charge is 0.0687 e. The Balaban J connectivity index is 1.69. The Labute approximate surface area is 113 Å². The molecule has 0 amide bonds. The third-order valence-electron chi connectivity index (χ3n) is 4.74. The monoisotopic (exact) mass is 253 g/mol. The van der Waals surface area contributed by atoms with Gasteiger partial charge < -0.3 is 10.5 Å². The molecule has 1 heterocycles. The minimum atomic E-state index is 0.283. The third kappa shape index (κ3) is 3.96. The van der Waals surface area contributed by atoms with Gasteiger partial charge in [0.05, 0.1) is 11.7 Å². The first-order chi connectivity index (χ1) is 8.60. The molecule has 1 saturated carbocycles. The molecular formula is C16H31NO. The highest BCUT2D eigenvalue weighted by molar-refractivity contribution is 4.91. The van der Waals surface area contributed by atoms with Crippen LogP contribution in [-0.2, 0) is 4.74 Å². The molecule has 0 aromatic heterocycles. The van der Waals surface area contributed by atoms with Crippen LogP contribution in [0.1, 0.15) is 78.1 Å². The Morgan fingerprint density at radius 2 is 1.89 bits per heavy atom. The van der Waals surface area contributed by atoms with Gasteiger partial charge in [-0.25, -0.2) is 0 Å². The van der Waals surface area contributed by atoms with Crippen LogP contribution >= 0.6 is 0 Å². The van der Waals surface area contributed by atoms with E-state index in [0.717, 1.165) is 12.8 Å². The number of rotatable bonds is 5. The van der Waals surface area contributed by atoms with Crippen LogP contribution in [0.25, 0.3) is 0 Å². The third-order valence-corrected chi connectivity index (χ3v) is 4.74. The number of hydrogen-bond donors (Lipinski definition) is 1. The van der Waals surface area contributed by atoms with E-state index in [4.69, 9.17) is 10.5 Å². The van der Waals surface area contributed by atoms with Gasteiger partial charge in [-0.15, -0.1) is 0 Å². The van der Waals surface area contributed by atoms with Crippen molar-refractivity contribution in [2.24, 2.45) is 11.7 Å². The summed E-state index contributed by atoms with van der Waals surface area (Å²) in [4.78, 5) is 0. The zero-order chi connectivity index (χ0) is 13.0. The van der Waals surface area contributed by atoms with Gasteiger partial charge in [0.1, 0.15) is 0 Å². The Hall–Kier alpha value is -0.0800. The quantitative estimate of drug-likeness (QED) is 0.803. The van der Waals surface area contributed by atoms with Crippen LogP contribution in [0.2, 0.25) is 0 Å². The lowest BCUT2D eigenvalue weighted by Gasteiger charge is -2.33. The molecule has 106 valence electrons. The summed E-state index contributed by atoms with van der Waals surface area (Å²) in [6, 6.07) is 0.372. The normalized spacial score (nSPS) is 29.0. The van der Waals surface area contributed by atoms with Gasteiger partial charge in [0.2, 0.25) is 0 Å². The van der Waals surface area contributed by atoms with Gasteiger partial charge in [-0.2, -0.15) is 0 Å². The van der Waals surface area contributed by atoms with E-state index in [1.807, 2.05) is 0 Å². The molecule has 18 heavy (non-hydrogen) atoms. The molecule has 2 atom stereocenters. The Bertz CT molecular complexity index is 245. The Kier molecular flexibility index (Phi) is 5.08. The second-order valence-electron chi connectivity index (χ2n) is 6.99. The van der Waals surface area contributed by atoms with Crippen molar-refractivity contribution in [1.29, 1.82) is 0 Å². The van der Waals surface area contributed by atoms with E-state index < -0.39 is 0 Å². The topological polar surface area (TPSA) is 35.2 Å². The van der Waals surface area contributed by atoms with Crippen LogP contribution in [0.5, 0.6) is 0 Å². The van der Waals surface area contributed by atoms with Crippen molar-refractivity contribution >= 4 is 0 Å². The molecule has 1 spiro atoms. The van der Waals surface area contributed by atoms with Crippen LogP contribution in [0.4, 0.5) is 0 Å². The summed E-state index contributed by atoms with van der Waals surface area (Å²) in [5.41, 5.74) is 6.45. The molecule has 2 unspecified atom stereocenters. The number of hydrogen-bond acceptors (Lipinski definition) is 2. The minimum Gasteiger partial charge on any atom is -0.372 e. The lowest BCUT2D eigenvalue weighted by Crippen LogP contribution is -2.32. The number of ether oxygens (including phenoxy) is 1. The molecule has 2 fully saturated rings. The molecule has 2 rings (SSSR count). The van der Waals surface area contributed by atoms with Crippen molar-refractivity contribution in [2.75, 3.05) is 0 Å². The van der Waals surface area contributed by atoms with Crippen LogP contribution in [0.15, 0.2) is 0 Å². The minimum absolute atomic E-state index is 0.283. The molecule has 2 nitrogen and oxygen atoms in total. The molecule has 0 aromatic carbocycles. The van der Waals surface area contributed by atoms with Crippen molar-refractivity contribution in [1.82, 2.24) is 0 Å². The van der Waals surface area contributed by atoms with E-state index >= 15 is 0 Å². The highest BCUT2D eigenvalue weighted by Crippen LogP contribution is 2.42. The van der Waals surface area contributed by atoms with Crippen molar-refractivity contribution in [3.05, 3.63) is 0 Å². The maximum Gasteiger partial charge on any atom is 0.0687 e. The zero-order valence-electron chi connectivity index (χ0n) is 12.3. The predicted molar refractivity (Wildman–Crippen MR) is 76.6 cm³/mol. The van der Waals surface area contributed by atoms with Gasteiger partial charge in [0, 0.05) is 6.04 Å². The van der Waals surface area contributed by atoms with Gasteiger partial charge in [-0.05, 0) is 50.9 Å². The molecule has 0 aromatic rings. The fraction of sp³-hybridized carbons (Fsp3) is 1.00. The van der Waals surface area contributed by atoms with Crippen LogP contribution < -0.4 is 5.73 Å². The largest absolute Gasteiger partial charge is 0.372 e. The fourth-order valence-electron chi connectivity index (χ4n) is 3.79. The van der Waals surface area contributed by atoms with Crippen molar-refractivity contribution < 1.29 is 4.74 Å². The highest BCUT2D eigenvalue weighted by atomic mass is 16.5. The van der Waals surface area contributed by atoms with E-state index in [9.17, 15) is 0 Å². The molecule has 2 heteroatoms. The molecule has 1 saturated heterocycles. The maximum atomic E-state index is 6.39. The van der Waals surface area contributed by atoms with Crippen molar-refractivity contribution in [3.63, 3.8) is 0 Å². The molecular weight excluding hydrogens is 222 g/mol. The Morgan fingerprint density at radius 1 is 1.17 bits per heavy atom. The van der Waals surface area contributed by atoms with Crippen molar-refractivity contribution in [3.8, 4) is 0 Å². The Morgan fingerprint density at radius 3 is 2.56 bits per heavy atom. The predicted octanol–water partition coefficient (Wildman–Crippen LogP) is 4.02. The van der Waals surface area contributed by atoms with Crippen LogP contribution in [0, 0.1) is 5.92 Å². The van der Waals surface area contributed by atoms with Crippen LogP contribution in [-0.4, -0.2) is 17.7 Å². The average molecular weight is 253 g/mol. The molecule has 0 bridgehead atoms. The summed E-state index contributed by atoms with van der Waals surface area (Å²) in [5, 5.41) is 0. The van der Waals surface area contributed by atoms with E-state index in [1.54, 1.807) is 0 Å². The van der Waals surface area contributed by atoms with Gasteiger partial charge in [0.25, 0.3) is 0 Å². The summed E-state index contributed by atoms with van der Waals surface area (Å²) < 4.78 is 6.39. The summed E-state index contributed by atoms with van der Waals surface area (Å²) in [7, 11) is 0. The highest BCUT2D eigenvalue weighted by Gasteiger charge is 2.40. The standard InChI is InChI=1S/C16H31NO/c1-13(2)12-14(17)6-7-15-8-11-16(18-15)9-4-3-5-10-16/h13-15H,3-12,17H2,1-2H3. The second kappa shape index (κ2) is 6.38. The first-order valence-electron chi connectivity index (χ1n) is 8.03. The second-order valence-corrected chi connectivity index (χ2v) is 6.99. The van der Waals surface area contributed by atoms with Gasteiger partial charge in [-0.3, -0.25) is 0 Å². The molecule has 2 aliphatic rings. The fourth-order valence-corrected chi connectivity index (χ4v) is 3.79. The lowest BCUT2D eigenvalue weighted by atomic mass is 9.83. The molecule has 1 aliphatic heterocycles. The van der Waals surface area contributed by atoms with Crippen LogP contribution in [0.3, 0.4) is 0 Å². The first-order valence-corrected chi connectivity index (χ1v) is 8.03. The first kappa shape index (κ1) is 14.3. The molecule has 1 aliphatic carbocycles. The summed E-state index contributed by atoms with van der Waals surface area (Å²) in [6.07, 6.45) is 13.3. The van der Waals surface area contributed by atoms with Gasteiger partial charge >= 0.3 is 0 Å². The van der Waals surface area contributed by atoms with E-state index in [-0.39, 0.29) is 5.60 Å². The number of nitrogens with two attached hydrogens (primary N) is 1. The van der Waals surface area contributed by atoms with E-state index in [1.165, 1.54) is 51.4 Å². The SMILES string of the molecule is CC(C)CC(N)CCC1CCC2(CCCCC2)O1. The van der Waals surface area contributed by atoms with E-state index in [0.29, 0.717) is 18.1 Å². The summed E-state index contributed by atoms with van der Waals surface area (Å²) in [6.45, 7) is 4.51. The zero-order valence-corrected chi connectivity index (χ0v) is 12.3. The summed E-state index contributed by atoms with van der Waals surface area (Å²) >= 11 is 0. The van der Waals surface area contributed by atoms with Gasteiger partial charge in [0.15, 0.2) is 0 Å². The van der Waals surface area contributed by atoms with E-state index in [2.05, 4.69) is 13.8 Å². The van der Waals surface area contributed by atoms with Crippen molar-refractivity contribution in [2.45, 2.75) is 95.8 Å².